The van der Waals surface area contributed by atoms with Crippen molar-refractivity contribution in [1.29, 1.82) is 0 Å². The molecule has 1 aliphatic carbocycles. The van der Waals surface area contributed by atoms with Crippen LogP contribution in [0.3, 0.4) is 0 Å². The highest BCUT2D eigenvalue weighted by Crippen LogP contribution is 2.41. The Labute approximate surface area is 123 Å². The second-order valence-corrected chi connectivity index (χ2v) is 6.16. The van der Waals surface area contributed by atoms with Gasteiger partial charge in [0.2, 0.25) is 0 Å². The van der Waals surface area contributed by atoms with Crippen molar-refractivity contribution < 1.29 is 4.74 Å². The predicted molar refractivity (Wildman–Crippen MR) is 80.2 cm³/mol. The fraction of sp³-hybridized carbons (Fsp3) is 0.714. The van der Waals surface area contributed by atoms with Gasteiger partial charge in [-0.05, 0) is 54.5 Å². The molecule has 0 saturated heterocycles. The molecule has 0 bridgehead atoms. The van der Waals surface area contributed by atoms with Gasteiger partial charge in [-0.25, -0.2) is 9.97 Å². The molecule has 1 N–H and O–H groups in total. The highest BCUT2D eigenvalue weighted by molar-refractivity contribution is 9.10. The third-order valence-corrected chi connectivity index (χ3v) is 4.55. The van der Waals surface area contributed by atoms with Gasteiger partial charge in [-0.15, -0.1) is 0 Å². The number of nitrogens with one attached hydrogen (secondary N) is 1. The van der Waals surface area contributed by atoms with E-state index in [1.165, 1.54) is 12.8 Å². The first-order valence-electron chi connectivity index (χ1n) is 6.93. The van der Waals surface area contributed by atoms with Gasteiger partial charge in [-0.2, -0.15) is 0 Å². The third-order valence-electron chi connectivity index (χ3n) is 3.97. The monoisotopic (exact) mass is 327 g/mol. The van der Waals surface area contributed by atoms with Gasteiger partial charge in [-0.1, -0.05) is 6.92 Å². The molecule has 0 aromatic carbocycles. The van der Waals surface area contributed by atoms with Crippen LogP contribution in [-0.4, -0.2) is 23.6 Å². The second-order valence-electron chi connectivity index (χ2n) is 5.30. The smallest absolute Gasteiger partial charge is 0.162 e. The van der Waals surface area contributed by atoms with Gasteiger partial charge < -0.3 is 10.1 Å². The number of halogens is 1. The summed E-state index contributed by atoms with van der Waals surface area (Å²) in [6, 6.07) is 0. The van der Waals surface area contributed by atoms with Crippen molar-refractivity contribution in [2.45, 2.75) is 45.1 Å². The minimum atomic E-state index is -0.308. The molecule has 1 saturated carbocycles. The van der Waals surface area contributed by atoms with Gasteiger partial charge in [0, 0.05) is 19.9 Å². The van der Waals surface area contributed by atoms with Crippen molar-refractivity contribution in [2.24, 2.45) is 5.92 Å². The SMILES string of the molecule is CCNc1nc(C2(OC)CCC(C)CC2)ncc1Br. The predicted octanol–water partition coefficient (Wildman–Crippen LogP) is 3.72. The van der Waals surface area contributed by atoms with Crippen molar-refractivity contribution in [1.82, 2.24) is 9.97 Å². The van der Waals surface area contributed by atoms with E-state index in [4.69, 9.17) is 4.74 Å². The number of hydrogen-bond donors (Lipinski definition) is 1. The topological polar surface area (TPSA) is 47.0 Å². The van der Waals surface area contributed by atoms with Crippen LogP contribution in [0.1, 0.15) is 45.4 Å². The number of nitrogens with zero attached hydrogens (tertiary/aromatic N) is 2. The van der Waals surface area contributed by atoms with Crippen LogP contribution in [-0.2, 0) is 10.3 Å². The van der Waals surface area contributed by atoms with Crippen LogP contribution in [0.5, 0.6) is 0 Å². The van der Waals surface area contributed by atoms with Crippen LogP contribution >= 0.6 is 15.9 Å². The van der Waals surface area contributed by atoms with E-state index < -0.39 is 0 Å². The molecule has 1 heterocycles. The van der Waals surface area contributed by atoms with Crippen molar-refractivity contribution in [3.05, 3.63) is 16.5 Å². The van der Waals surface area contributed by atoms with E-state index in [-0.39, 0.29) is 5.60 Å². The Hall–Kier alpha value is -0.680. The molecule has 1 aliphatic rings. The summed E-state index contributed by atoms with van der Waals surface area (Å²) in [5, 5.41) is 3.25. The lowest BCUT2D eigenvalue weighted by molar-refractivity contribution is -0.0596. The first-order valence-corrected chi connectivity index (χ1v) is 7.72. The molecule has 5 heteroatoms. The van der Waals surface area contributed by atoms with Crippen LogP contribution in [0.2, 0.25) is 0 Å². The first kappa shape index (κ1) is 14.7. The molecule has 0 spiro atoms. The van der Waals surface area contributed by atoms with Crippen LogP contribution in [0.15, 0.2) is 10.7 Å². The largest absolute Gasteiger partial charge is 0.370 e. The van der Waals surface area contributed by atoms with E-state index in [1.54, 1.807) is 7.11 Å². The lowest BCUT2D eigenvalue weighted by Crippen LogP contribution is -2.35. The Morgan fingerprint density at radius 2 is 2.16 bits per heavy atom. The maximum absolute atomic E-state index is 5.82. The maximum atomic E-state index is 5.82. The number of methoxy groups -OCH3 is 1. The molecular weight excluding hydrogens is 306 g/mol. The van der Waals surface area contributed by atoms with Gasteiger partial charge in [0.25, 0.3) is 0 Å². The molecule has 0 radical (unpaired) electrons. The van der Waals surface area contributed by atoms with Crippen molar-refractivity contribution in [3.63, 3.8) is 0 Å². The Kier molecular flexibility index (Phi) is 4.79. The number of ether oxygens (including phenoxy) is 1. The van der Waals surface area contributed by atoms with Crippen LogP contribution in [0.25, 0.3) is 0 Å². The van der Waals surface area contributed by atoms with Gasteiger partial charge in [-0.3, -0.25) is 0 Å². The summed E-state index contributed by atoms with van der Waals surface area (Å²) in [5.41, 5.74) is -0.308. The summed E-state index contributed by atoms with van der Waals surface area (Å²) in [5.74, 6) is 2.43. The van der Waals surface area contributed by atoms with Crippen molar-refractivity contribution in [3.8, 4) is 0 Å². The lowest BCUT2D eigenvalue weighted by Gasteiger charge is -2.37. The number of aromatic nitrogens is 2. The van der Waals surface area contributed by atoms with Gasteiger partial charge in [0.15, 0.2) is 5.82 Å². The standard InChI is InChI=1S/C14H22BrN3O/c1-4-16-12-11(15)9-17-13(18-12)14(19-3)7-5-10(2)6-8-14/h9-10H,4-8H2,1-3H3,(H,16,17,18). The minimum absolute atomic E-state index is 0.308. The Bertz CT molecular complexity index is 431. The molecule has 1 fully saturated rings. The van der Waals surface area contributed by atoms with E-state index in [0.717, 1.165) is 41.4 Å². The number of anilines is 1. The highest BCUT2D eigenvalue weighted by Gasteiger charge is 2.38. The zero-order chi connectivity index (χ0) is 13.9. The molecule has 0 unspecified atom stereocenters. The minimum Gasteiger partial charge on any atom is -0.370 e. The maximum Gasteiger partial charge on any atom is 0.162 e. The summed E-state index contributed by atoms with van der Waals surface area (Å²) in [4.78, 5) is 9.15. The summed E-state index contributed by atoms with van der Waals surface area (Å²) >= 11 is 3.48. The third kappa shape index (κ3) is 3.08. The number of rotatable bonds is 4. The van der Waals surface area contributed by atoms with Crippen LogP contribution < -0.4 is 5.32 Å². The summed E-state index contributed by atoms with van der Waals surface area (Å²) in [7, 11) is 1.77. The molecule has 1 aromatic rings. The van der Waals surface area contributed by atoms with E-state index in [2.05, 4.69) is 45.1 Å². The molecule has 1 aromatic heterocycles. The van der Waals surface area contributed by atoms with Gasteiger partial charge in [0.1, 0.15) is 11.4 Å². The molecule has 0 amide bonds. The first-order chi connectivity index (χ1) is 9.11. The Morgan fingerprint density at radius 3 is 2.74 bits per heavy atom. The van der Waals surface area contributed by atoms with E-state index in [1.807, 2.05) is 6.20 Å². The molecule has 0 aliphatic heterocycles. The van der Waals surface area contributed by atoms with E-state index >= 15 is 0 Å². The van der Waals surface area contributed by atoms with E-state index in [0.29, 0.717) is 0 Å². The summed E-state index contributed by atoms with van der Waals surface area (Å²) in [6.07, 6.45) is 6.16. The summed E-state index contributed by atoms with van der Waals surface area (Å²) in [6.45, 7) is 5.20. The average Bonchev–Trinajstić information content (AvgIpc) is 2.43. The van der Waals surface area contributed by atoms with Gasteiger partial charge in [0.05, 0.1) is 4.47 Å². The summed E-state index contributed by atoms with van der Waals surface area (Å²) < 4.78 is 6.71. The fourth-order valence-corrected chi connectivity index (χ4v) is 2.96. The zero-order valence-corrected chi connectivity index (χ0v) is 13.5. The zero-order valence-electron chi connectivity index (χ0n) is 11.9. The number of hydrogen-bond acceptors (Lipinski definition) is 4. The van der Waals surface area contributed by atoms with Crippen molar-refractivity contribution in [2.75, 3.05) is 19.0 Å². The Morgan fingerprint density at radius 1 is 1.47 bits per heavy atom. The molecule has 0 atom stereocenters. The highest BCUT2D eigenvalue weighted by atomic mass is 79.9. The van der Waals surface area contributed by atoms with Crippen LogP contribution in [0, 0.1) is 5.92 Å². The second kappa shape index (κ2) is 6.18. The average molecular weight is 328 g/mol. The normalized spacial score (nSPS) is 27.3. The molecule has 4 nitrogen and oxygen atoms in total. The molecule has 2 rings (SSSR count). The van der Waals surface area contributed by atoms with Gasteiger partial charge >= 0.3 is 0 Å². The van der Waals surface area contributed by atoms with Crippen LogP contribution in [0.4, 0.5) is 5.82 Å². The quantitative estimate of drug-likeness (QED) is 0.915. The Balaban J connectivity index is 2.30. The molecule has 106 valence electrons. The lowest BCUT2D eigenvalue weighted by atomic mass is 9.79. The fourth-order valence-electron chi connectivity index (χ4n) is 2.63. The van der Waals surface area contributed by atoms with Crippen molar-refractivity contribution >= 4 is 21.7 Å². The molecular formula is C14H22BrN3O. The van der Waals surface area contributed by atoms with E-state index in [9.17, 15) is 0 Å². The molecule has 19 heavy (non-hydrogen) atoms.